The van der Waals surface area contributed by atoms with Crippen molar-refractivity contribution in [3.63, 3.8) is 0 Å². The molecule has 3 aromatic rings. The van der Waals surface area contributed by atoms with Crippen LogP contribution >= 0.6 is 11.3 Å². The standard InChI is InChI=1S/C19H17N3O3S/c1-12(2)13-6-8-14(9-7-13)17-11-26-19(20-17)21-18(23)15-4-3-5-16(10-15)22(24)25/h3-12H,1-2H3,(H,20,21,23). The molecule has 0 radical (unpaired) electrons. The second-order valence-corrected chi connectivity index (χ2v) is 6.93. The zero-order valence-electron chi connectivity index (χ0n) is 14.3. The fraction of sp³-hybridized carbons (Fsp3) is 0.158. The van der Waals surface area contributed by atoms with Crippen LogP contribution < -0.4 is 5.32 Å². The fourth-order valence-corrected chi connectivity index (χ4v) is 3.15. The third-order valence-electron chi connectivity index (χ3n) is 3.92. The third-order valence-corrected chi connectivity index (χ3v) is 4.67. The molecule has 0 fully saturated rings. The summed E-state index contributed by atoms with van der Waals surface area (Å²) in [6.45, 7) is 4.28. The maximum Gasteiger partial charge on any atom is 0.270 e. The van der Waals surface area contributed by atoms with E-state index in [4.69, 9.17) is 0 Å². The van der Waals surface area contributed by atoms with Gasteiger partial charge >= 0.3 is 0 Å². The lowest BCUT2D eigenvalue weighted by atomic mass is 10.0. The van der Waals surface area contributed by atoms with E-state index in [1.807, 2.05) is 17.5 Å². The number of nitrogens with zero attached hydrogens (tertiary/aromatic N) is 2. The van der Waals surface area contributed by atoms with Gasteiger partial charge in [-0.3, -0.25) is 20.2 Å². The van der Waals surface area contributed by atoms with Gasteiger partial charge in [-0.15, -0.1) is 11.3 Å². The Morgan fingerprint density at radius 2 is 1.92 bits per heavy atom. The average molecular weight is 367 g/mol. The second kappa shape index (κ2) is 7.45. The number of nitro benzene ring substituents is 1. The van der Waals surface area contributed by atoms with Crippen LogP contribution in [0.3, 0.4) is 0 Å². The molecular formula is C19H17N3O3S. The van der Waals surface area contributed by atoms with Crippen LogP contribution in [-0.2, 0) is 0 Å². The number of anilines is 1. The van der Waals surface area contributed by atoms with Crippen LogP contribution in [0.2, 0.25) is 0 Å². The highest BCUT2D eigenvalue weighted by Crippen LogP contribution is 2.27. The highest BCUT2D eigenvalue weighted by atomic mass is 32.1. The summed E-state index contributed by atoms with van der Waals surface area (Å²) in [6.07, 6.45) is 0. The van der Waals surface area contributed by atoms with Crippen molar-refractivity contribution < 1.29 is 9.72 Å². The molecule has 0 aliphatic heterocycles. The van der Waals surface area contributed by atoms with E-state index in [1.165, 1.54) is 41.2 Å². The Hall–Kier alpha value is -3.06. The number of carbonyl (C=O) groups excluding carboxylic acids is 1. The number of hydrogen-bond donors (Lipinski definition) is 1. The van der Waals surface area contributed by atoms with Crippen molar-refractivity contribution >= 4 is 28.1 Å². The summed E-state index contributed by atoms with van der Waals surface area (Å²) < 4.78 is 0. The largest absolute Gasteiger partial charge is 0.298 e. The normalized spacial score (nSPS) is 10.7. The lowest BCUT2D eigenvalue weighted by Crippen LogP contribution is -2.11. The van der Waals surface area contributed by atoms with Gasteiger partial charge in [0.05, 0.1) is 10.6 Å². The van der Waals surface area contributed by atoms with E-state index in [1.54, 1.807) is 0 Å². The molecule has 1 heterocycles. The predicted molar refractivity (Wildman–Crippen MR) is 103 cm³/mol. The van der Waals surface area contributed by atoms with Crippen molar-refractivity contribution in [2.24, 2.45) is 0 Å². The van der Waals surface area contributed by atoms with Crippen molar-refractivity contribution in [2.45, 2.75) is 19.8 Å². The van der Waals surface area contributed by atoms with Crippen LogP contribution in [0.5, 0.6) is 0 Å². The monoisotopic (exact) mass is 367 g/mol. The first-order valence-electron chi connectivity index (χ1n) is 8.05. The van der Waals surface area contributed by atoms with Crippen molar-refractivity contribution in [1.29, 1.82) is 0 Å². The van der Waals surface area contributed by atoms with Gasteiger partial charge in [0.1, 0.15) is 0 Å². The number of benzene rings is 2. The number of amides is 1. The summed E-state index contributed by atoms with van der Waals surface area (Å²) in [6, 6.07) is 13.8. The Morgan fingerprint density at radius 1 is 1.19 bits per heavy atom. The Balaban J connectivity index is 1.75. The number of aromatic nitrogens is 1. The van der Waals surface area contributed by atoms with E-state index in [0.29, 0.717) is 11.0 Å². The average Bonchev–Trinajstić information content (AvgIpc) is 3.10. The zero-order chi connectivity index (χ0) is 18.7. The molecule has 0 bridgehead atoms. The molecule has 132 valence electrons. The van der Waals surface area contributed by atoms with Crippen LogP contribution in [0.4, 0.5) is 10.8 Å². The maximum atomic E-state index is 12.3. The molecule has 26 heavy (non-hydrogen) atoms. The predicted octanol–water partition coefficient (Wildman–Crippen LogP) is 5.09. The minimum absolute atomic E-state index is 0.122. The van der Waals surface area contributed by atoms with Crippen molar-refractivity contribution in [3.05, 3.63) is 75.2 Å². The van der Waals surface area contributed by atoms with E-state index in [0.717, 1.165) is 11.3 Å². The summed E-state index contributed by atoms with van der Waals surface area (Å²) >= 11 is 1.31. The minimum atomic E-state index is -0.529. The van der Waals surface area contributed by atoms with E-state index in [2.05, 4.69) is 36.3 Å². The van der Waals surface area contributed by atoms with Gasteiger partial charge in [-0.05, 0) is 17.5 Å². The van der Waals surface area contributed by atoms with Gasteiger partial charge in [-0.1, -0.05) is 44.2 Å². The first-order valence-corrected chi connectivity index (χ1v) is 8.93. The number of hydrogen-bond acceptors (Lipinski definition) is 5. The summed E-state index contributed by atoms with van der Waals surface area (Å²) in [7, 11) is 0. The number of rotatable bonds is 5. The first-order chi connectivity index (χ1) is 12.4. The van der Waals surface area contributed by atoms with Gasteiger partial charge in [0.25, 0.3) is 11.6 Å². The molecule has 7 heteroatoms. The van der Waals surface area contributed by atoms with Crippen molar-refractivity contribution in [2.75, 3.05) is 5.32 Å². The number of non-ortho nitro benzene ring substituents is 1. The van der Waals surface area contributed by atoms with Crippen LogP contribution in [0.15, 0.2) is 53.9 Å². The van der Waals surface area contributed by atoms with Crippen LogP contribution in [0.25, 0.3) is 11.3 Å². The fourth-order valence-electron chi connectivity index (χ4n) is 2.43. The smallest absolute Gasteiger partial charge is 0.270 e. The van der Waals surface area contributed by atoms with Crippen LogP contribution in [0, 0.1) is 10.1 Å². The maximum absolute atomic E-state index is 12.3. The third kappa shape index (κ3) is 3.94. The van der Waals surface area contributed by atoms with E-state index in [-0.39, 0.29) is 11.3 Å². The quantitative estimate of drug-likeness (QED) is 0.502. The second-order valence-electron chi connectivity index (χ2n) is 6.08. The molecule has 3 rings (SSSR count). The minimum Gasteiger partial charge on any atom is -0.298 e. The SMILES string of the molecule is CC(C)c1ccc(-c2csc(NC(=O)c3cccc([N+](=O)[O-])c3)n2)cc1. The number of carbonyl (C=O) groups is 1. The van der Waals surface area contributed by atoms with Crippen molar-refractivity contribution in [1.82, 2.24) is 4.98 Å². The molecule has 2 aromatic carbocycles. The molecule has 0 aliphatic rings. The Labute approximate surface area is 154 Å². The molecule has 1 aromatic heterocycles. The summed E-state index contributed by atoms with van der Waals surface area (Å²) in [4.78, 5) is 27.0. The number of thiazole rings is 1. The van der Waals surface area contributed by atoms with Crippen molar-refractivity contribution in [3.8, 4) is 11.3 Å². The molecule has 0 aliphatic carbocycles. The van der Waals surface area contributed by atoms with Crippen LogP contribution in [0.1, 0.15) is 35.7 Å². The lowest BCUT2D eigenvalue weighted by Gasteiger charge is -2.05. The summed E-state index contributed by atoms with van der Waals surface area (Å²) in [5, 5.41) is 15.8. The summed E-state index contributed by atoms with van der Waals surface area (Å²) in [5.74, 6) is 0.0361. The van der Waals surface area contributed by atoms with Gasteiger partial charge in [0.2, 0.25) is 0 Å². The molecule has 1 N–H and O–H groups in total. The topological polar surface area (TPSA) is 85.1 Å². The van der Waals surface area contributed by atoms with Gasteiger partial charge in [0.15, 0.2) is 5.13 Å². The van der Waals surface area contributed by atoms with E-state index < -0.39 is 10.8 Å². The molecule has 0 spiro atoms. The van der Waals surface area contributed by atoms with E-state index in [9.17, 15) is 14.9 Å². The number of nitro groups is 1. The molecule has 0 saturated carbocycles. The van der Waals surface area contributed by atoms with Gasteiger partial charge in [0, 0.05) is 28.6 Å². The lowest BCUT2D eigenvalue weighted by molar-refractivity contribution is -0.384. The molecule has 0 unspecified atom stereocenters. The molecule has 1 amide bonds. The van der Waals surface area contributed by atoms with E-state index >= 15 is 0 Å². The highest BCUT2D eigenvalue weighted by molar-refractivity contribution is 7.14. The molecule has 0 saturated heterocycles. The first kappa shape index (κ1) is 17.8. The molecule has 0 atom stereocenters. The Bertz CT molecular complexity index is 949. The van der Waals surface area contributed by atoms with Gasteiger partial charge in [-0.25, -0.2) is 4.98 Å². The highest BCUT2D eigenvalue weighted by Gasteiger charge is 2.13. The summed E-state index contributed by atoms with van der Waals surface area (Å²) in [5.41, 5.74) is 3.10. The molecule has 6 nitrogen and oxygen atoms in total. The number of nitrogens with one attached hydrogen (secondary N) is 1. The molecular weight excluding hydrogens is 350 g/mol. The Kier molecular flexibility index (Phi) is 5.09. The zero-order valence-corrected chi connectivity index (χ0v) is 15.1. The van der Waals surface area contributed by atoms with Gasteiger partial charge in [-0.2, -0.15) is 0 Å². The van der Waals surface area contributed by atoms with Gasteiger partial charge < -0.3 is 0 Å². The van der Waals surface area contributed by atoms with Crippen LogP contribution in [-0.4, -0.2) is 15.8 Å². The Morgan fingerprint density at radius 3 is 2.58 bits per heavy atom.